The van der Waals surface area contributed by atoms with Crippen LogP contribution < -0.4 is 0 Å². The highest BCUT2D eigenvalue weighted by molar-refractivity contribution is 5.95. The van der Waals surface area contributed by atoms with Crippen molar-refractivity contribution in [2.75, 3.05) is 46.3 Å². The standard InChI is InChI=1S/C26H29F6N3O/c1-17-5-3-4-6-21(17)22-16-35(8-7-23(22)34-11-9-33(2)10-12-34)24(36)18-13-19(25(27,28)29)15-20(14-18)26(30,31)32/h3-6,13-15,22-23H,7-12,16H2,1-2H3/t22-,23-/m1/s1. The minimum Gasteiger partial charge on any atom is -0.338 e. The summed E-state index contributed by atoms with van der Waals surface area (Å²) in [5.74, 6) is -0.929. The van der Waals surface area contributed by atoms with Crippen molar-refractivity contribution in [1.29, 1.82) is 0 Å². The van der Waals surface area contributed by atoms with Crippen LogP contribution in [0.1, 0.15) is 45.0 Å². The van der Waals surface area contributed by atoms with Crippen molar-refractivity contribution < 1.29 is 31.1 Å². The lowest BCUT2D eigenvalue weighted by atomic mass is 9.82. The molecule has 2 atom stereocenters. The van der Waals surface area contributed by atoms with Crippen molar-refractivity contribution in [1.82, 2.24) is 14.7 Å². The molecule has 4 rings (SSSR count). The number of nitrogens with zero attached hydrogens (tertiary/aromatic N) is 3. The summed E-state index contributed by atoms with van der Waals surface area (Å²) in [6.45, 7) is 5.99. The van der Waals surface area contributed by atoms with Crippen LogP contribution in [0.5, 0.6) is 0 Å². The smallest absolute Gasteiger partial charge is 0.338 e. The average molecular weight is 514 g/mol. The van der Waals surface area contributed by atoms with E-state index >= 15 is 0 Å². The van der Waals surface area contributed by atoms with Crippen LogP contribution in [0.2, 0.25) is 0 Å². The largest absolute Gasteiger partial charge is 0.416 e. The van der Waals surface area contributed by atoms with Crippen molar-refractivity contribution in [3.05, 3.63) is 70.3 Å². The number of alkyl halides is 6. The number of amides is 1. The van der Waals surface area contributed by atoms with Crippen molar-refractivity contribution in [2.24, 2.45) is 0 Å². The molecule has 0 aromatic heterocycles. The van der Waals surface area contributed by atoms with Gasteiger partial charge in [0.05, 0.1) is 11.1 Å². The molecule has 0 unspecified atom stereocenters. The van der Waals surface area contributed by atoms with Crippen LogP contribution in [0.25, 0.3) is 0 Å². The molecule has 4 nitrogen and oxygen atoms in total. The number of benzene rings is 2. The molecule has 2 aliphatic heterocycles. The number of likely N-dealkylation sites (N-methyl/N-ethyl adjacent to an activating group) is 1. The molecular weight excluding hydrogens is 484 g/mol. The Morgan fingerprint density at radius 3 is 2.00 bits per heavy atom. The number of likely N-dealkylation sites (tertiary alicyclic amines) is 1. The lowest BCUT2D eigenvalue weighted by Gasteiger charge is -2.47. The van der Waals surface area contributed by atoms with E-state index in [1.54, 1.807) is 0 Å². The second-order valence-corrected chi connectivity index (χ2v) is 9.70. The van der Waals surface area contributed by atoms with Crippen LogP contribution in [0.15, 0.2) is 42.5 Å². The molecular formula is C26H29F6N3O. The highest BCUT2D eigenvalue weighted by atomic mass is 19.4. The van der Waals surface area contributed by atoms with E-state index < -0.39 is 35.0 Å². The van der Waals surface area contributed by atoms with Gasteiger partial charge in [-0.1, -0.05) is 24.3 Å². The summed E-state index contributed by atoms with van der Waals surface area (Å²) < 4.78 is 80.1. The van der Waals surface area contributed by atoms with Crippen LogP contribution in [0.4, 0.5) is 26.3 Å². The number of carbonyl (C=O) groups is 1. The number of piperazine rings is 1. The molecule has 2 fully saturated rings. The molecule has 0 N–H and O–H groups in total. The van der Waals surface area contributed by atoms with E-state index in [1.807, 2.05) is 31.2 Å². The molecule has 2 aromatic rings. The van der Waals surface area contributed by atoms with E-state index in [2.05, 4.69) is 16.8 Å². The Morgan fingerprint density at radius 2 is 1.44 bits per heavy atom. The molecule has 1 amide bonds. The minimum absolute atomic E-state index is 0.0481. The van der Waals surface area contributed by atoms with Gasteiger partial charge in [0.1, 0.15) is 0 Å². The maximum atomic E-state index is 13.4. The number of aryl methyl sites for hydroxylation is 1. The first kappa shape index (κ1) is 26.5. The van der Waals surface area contributed by atoms with Gasteiger partial charge in [-0.2, -0.15) is 26.3 Å². The number of piperidine rings is 1. The highest BCUT2D eigenvalue weighted by Crippen LogP contribution is 2.38. The molecule has 2 aromatic carbocycles. The van der Waals surface area contributed by atoms with Crippen molar-refractivity contribution >= 4 is 5.91 Å². The van der Waals surface area contributed by atoms with Crippen LogP contribution in [0, 0.1) is 6.92 Å². The normalized spacial score (nSPS) is 22.6. The van der Waals surface area contributed by atoms with Crippen molar-refractivity contribution in [3.8, 4) is 0 Å². The number of hydrogen-bond donors (Lipinski definition) is 0. The predicted molar refractivity (Wildman–Crippen MR) is 124 cm³/mol. The van der Waals surface area contributed by atoms with E-state index in [-0.39, 0.29) is 31.1 Å². The first-order valence-corrected chi connectivity index (χ1v) is 11.9. The van der Waals surface area contributed by atoms with Gasteiger partial charge in [0, 0.05) is 56.8 Å². The lowest BCUT2D eigenvalue weighted by Crippen LogP contribution is -2.56. The summed E-state index contributed by atoms with van der Waals surface area (Å²) in [4.78, 5) is 19.4. The monoisotopic (exact) mass is 513 g/mol. The van der Waals surface area contributed by atoms with Crippen LogP contribution in [-0.2, 0) is 12.4 Å². The Hall–Kier alpha value is -2.59. The van der Waals surface area contributed by atoms with E-state index in [0.29, 0.717) is 18.6 Å². The number of halogens is 6. The molecule has 0 spiro atoms. The number of hydrogen-bond acceptors (Lipinski definition) is 3. The molecule has 2 saturated heterocycles. The van der Waals surface area contributed by atoms with Crippen LogP contribution in [0.3, 0.4) is 0 Å². The molecule has 10 heteroatoms. The SMILES string of the molecule is Cc1ccccc1[C@H]1CN(C(=O)c2cc(C(F)(F)F)cc(C(F)(F)F)c2)CC[C@H]1N1CCN(C)CC1. The Morgan fingerprint density at radius 1 is 0.861 bits per heavy atom. The average Bonchev–Trinajstić information content (AvgIpc) is 2.83. The third-order valence-corrected chi connectivity index (χ3v) is 7.29. The van der Waals surface area contributed by atoms with Crippen LogP contribution in [-0.4, -0.2) is 73.0 Å². The predicted octanol–water partition coefficient (Wildman–Crippen LogP) is 5.28. The second-order valence-electron chi connectivity index (χ2n) is 9.70. The van der Waals surface area contributed by atoms with Gasteiger partial charge in [0.25, 0.3) is 5.91 Å². The third kappa shape index (κ3) is 5.70. The zero-order valence-corrected chi connectivity index (χ0v) is 20.2. The Bertz CT molecular complexity index is 1060. The van der Waals surface area contributed by atoms with Gasteiger partial charge in [-0.3, -0.25) is 9.69 Å². The van der Waals surface area contributed by atoms with Crippen molar-refractivity contribution in [2.45, 2.75) is 37.7 Å². The van der Waals surface area contributed by atoms with Gasteiger partial charge in [-0.15, -0.1) is 0 Å². The van der Waals surface area contributed by atoms with Gasteiger partial charge in [0.15, 0.2) is 0 Å². The maximum Gasteiger partial charge on any atom is 0.416 e. The Kier molecular flexibility index (Phi) is 7.39. The topological polar surface area (TPSA) is 26.8 Å². The van der Waals surface area contributed by atoms with E-state index in [4.69, 9.17) is 0 Å². The number of carbonyl (C=O) groups excluding carboxylic acids is 1. The van der Waals surface area contributed by atoms with Crippen molar-refractivity contribution in [3.63, 3.8) is 0 Å². The summed E-state index contributed by atoms with van der Waals surface area (Å²) in [7, 11) is 2.06. The fraction of sp³-hybridized carbons (Fsp3) is 0.500. The van der Waals surface area contributed by atoms with Gasteiger partial charge in [-0.25, -0.2) is 0 Å². The zero-order chi connectivity index (χ0) is 26.3. The Balaban J connectivity index is 1.66. The first-order chi connectivity index (χ1) is 16.8. The third-order valence-electron chi connectivity index (χ3n) is 7.29. The second kappa shape index (κ2) is 10.0. The fourth-order valence-corrected chi connectivity index (χ4v) is 5.28. The molecule has 0 radical (unpaired) electrons. The summed E-state index contributed by atoms with van der Waals surface area (Å²) in [6.07, 6.45) is -9.43. The highest BCUT2D eigenvalue weighted by Gasteiger charge is 2.40. The van der Waals surface area contributed by atoms with Gasteiger partial charge in [-0.05, 0) is 49.7 Å². The van der Waals surface area contributed by atoms with E-state index in [1.165, 1.54) is 4.90 Å². The molecule has 196 valence electrons. The summed E-state index contributed by atoms with van der Waals surface area (Å²) in [5, 5.41) is 0. The van der Waals surface area contributed by atoms with Gasteiger partial charge in [0.2, 0.25) is 0 Å². The van der Waals surface area contributed by atoms with Gasteiger partial charge >= 0.3 is 12.4 Å². The summed E-state index contributed by atoms with van der Waals surface area (Å²) >= 11 is 0. The summed E-state index contributed by atoms with van der Waals surface area (Å²) in [6, 6.07) is 8.99. The molecule has 0 saturated carbocycles. The quantitative estimate of drug-likeness (QED) is 0.523. The molecule has 0 aliphatic carbocycles. The number of rotatable bonds is 3. The zero-order valence-electron chi connectivity index (χ0n) is 20.2. The molecule has 0 bridgehead atoms. The molecule has 36 heavy (non-hydrogen) atoms. The Labute approximate surface area is 206 Å². The molecule has 2 heterocycles. The van der Waals surface area contributed by atoms with Gasteiger partial charge < -0.3 is 9.80 Å². The van der Waals surface area contributed by atoms with E-state index in [0.717, 1.165) is 37.3 Å². The minimum atomic E-state index is -5.01. The first-order valence-electron chi connectivity index (χ1n) is 11.9. The van der Waals surface area contributed by atoms with E-state index in [9.17, 15) is 31.1 Å². The lowest BCUT2D eigenvalue weighted by molar-refractivity contribution is -0.143. The fourth-order valence-electron chi connectivity index (χ4n) is 5.28. The maximum absolute atomic E-state index is 13.4. The molecule has 2 aliphatic rings. The summed E-state index contributed by atoms with van der Waals surface area (Å²) in [5.41, 5.74) is -1.49. The van der Waals surface area contributed by atoms with Crippen LogP contribution >= 0.6 is 0 Å².